The van der Waals surface area contributed by atoms with Crippen molar-refractivity contribution in [2.24, 2.45) is 0 Å². The van der Waals surface area contributed by atoms with Crippen LogP contribution in [0.15, 0.2) is 48.5 Å². The van der Waals surface area contributed by atoms with Crippen LogP contribution in [-0.4, -0.2) is 43.7 Å². The molecule has 1 unspecified atom stereocenters. The second kappa shape index (κ2) is 7.47. The lowest BCUT2D eigenvalue weighted by Crippen LogP contribution is -2.54. The molecule has 132 valence electrons. The lowest BCUT2D eigenvalue weighted by Gasteiger charge is -2.41. The van der Waals surface area contributed by atoms with Crippen molar-refractivity contribution in [3.05, 3.63) is 54.1 Å². The predicted molar refractivity (Wildman–Crippen MR) is 102 cm³/mol. The molecule has 2 aromatic carbocycles. The summed E-state index contributed by atoms with van der Waals surface area (Å²) in [6.45, 7) is 6.45. The van der Waals surface area contributed by atoms with Crippen LogP contribution in [0, 0.1) is 6.92 Å². The minimum atomic E-state index is -0.0834. The van der Waals surface area contributed by atoms with Gasteiger partial charge in [0.2, 0.25) is 0 Å². The maximum atomic E-state index is 12.6. The number of ether oxygens (including phenoxy) is 1. The SMILES string of the molecule is COc1ccccc1NC(=O)N1CCN(c2ccc(C)cc2)C(C)C1. The van der Waals surface area contributed by atoms with Crippen molar-refractivity contribution in [2.45, 2.75) is 19.9 Å². The van der Waals surface area contributed by atoms with Gasteiger partial charge in [0.25, 0.3) is 0 Å². The molecule has 0 aliphatic carbocycles. The number of piperazine rings is 1. The first-order chi connectivity index (χ1) is 12.1. The van der Waals surface area contributed by atoms with Gasteiger partial charge in [0.05, 0.1) is 12.8 Å². The molecule has 25 heavy (non-hydrogen) atoms. The highest BCUT2D eigenvalue weighted by molar-refractivity contribution is 5.91. The second-order valence-electron chi connectivity index (χ2n) is 6.45. The fourth-order valence-corrected chi connectivity index (χ4v) is 3.20. The third kappa shape index (κ3) is 3.87. The molecule has 2 aromatic rings. The van der Waals surface area contributed by atoms with Crippen LogP contribution in [-0.2, 0) is 0 Å². The minimum absolute atomic E-state index is 0.0834. The monoisotopic (exact) mass is 339 g/mol. The highest BCUT2D eigenvalue weighted by Crippen LogP contribution is 2.25. The first kappa shape index (κ1) is 17.1. The van der Waals surface area contributed by atoms with Crippen LogP contribution in [0.4, 0.5) is 16.2 Å². The van der Waals surface area contributed by atoms with E-state index in [1.54, 1.807) is 7.11 Å². The van der Waals surface area contributed by atoms with Crippen molar-refractivity contribution in [1.82, 2.24) is 4.90 Å². The first-order valence-electron chi connectivity index (χ1n) is 8.60. The number of anilines is 2. The Morgan fingerprint density at radius 2 is 1.84 bits per heavy atom. The number of para-hydroxylation sites is 2. The van der Waals surface area contributed by atoms with Crippen molar-refractivity contribution in [3.8, 4) is 5.75 Å². The Morgan fingerprint density at radius 3 is 2.52 bits per heavy atom. The standard InChI is InChI=1S/C20H25N3O2/c1-15-8-10-17(11-9-15)23-13-12-22(14-16(23)2)20(24)21-18-6-4-5-7-19(18)25-3/h4-11,16H,12-14H2,1-3H3,(H,21,24). The van der Waals surface area contributed by atoms with Gasteiger partial charge in [0, 0.05) is 31.4 Å². The Bertz CT molecular complexity index is 730. The van der Waals surface area contributed by atoms with E-state index in [4.69, 9.17) is 4.74 Å². The lowest BCUT2D eigenvalue weighted by atomic mass is 10.1. The Hall–Kier alpha value is -2.69. The smallest absolute Gasteiger partial charge is 0.322 e. The van der Waals surface area contributed by atoms with Gasteiger partial charge < -0.3 is 19.9 Å². The highest BCUT2D eigenvalue weighted by atomic mass is 16.5. The summed E-state index contributed by atoms with van der Waals surface area (Å²) in [6.07, 6.45) is 0. The van der Waals surface area contributed by atoms with Crippen molar-refractivity contribution >= 4 is 17.4 Å². The van der Waals surface area contributed by atoms with E-state index in [2.05, 4.69) is 48.3 Å². The van der Waals surface area contributed by atoms with E-state index < -0.39 is 0 Å². The molecule has 0 bridgehead atoms. The number of nitrogens with zero attached hydrogens (tertiary/aromatic N) is 2. The molecular formula is C20H25N3O2. The van der Waals surface area contributed by atoms with Gasteiger partial charge in [-0.3, -0.25) is 0 Å². The maximum Gasteiger partial charge on any atom is 0.322 e. The summed E-state index contributed by atoms with van der Waals surface area (Å²) < 4.78 is 5.30. The van der Waals surface area contributed by atoms with Gasteiger partial charge >= 0.3 is 6.03 Å². The van der Waals surface area contributed by atoms with Crippen LogP contribution in [0.25, 0.3) is 0 Å². The predicted octanol–water partition coefficient (Wildman–Crippen LogP) is 3.75. The zero-order valence-corrected chi connectivity index (χ0v) is 15.0. The fourth-order valence-electron chi connectivity index (χ4n) is 3.20. The summed E-state index contributed by atoms with van der Waals surface area (Å²) in [4.78, 5) is 16.8. The van der Waals surface area contributed by atoms with Gasteiger partial charge in [-0.15, -0.1) is 0 Å². The molecule has 1 aliphatic heterocycles. The largest absolute Gasteiger partial charge is 0.495 e. The van der Waals surface area contributed by atoms with Gasteiger partial charge in [-0.05, 0) is 38.1 Å². The van der Waals surface area contributed by atoms with Gasteiger partial charge in [0.1, 0.15) is 5.75 Å². The number of carbonyl (C=O) groups is 1. The van der Waals surface area contributed by atoms with Crippen LogP contribution in [0.5, 0.6) is 5.75 Å². The third-order valence-electron chi connectivity index (χ3n) is 4.63. The summed E-state index contributed by atoms with van der Waals surface area (Å²) in [5.74, 6) is 0.669. The number of nitrogens with one attached hydrogen (secondary N) is 1. The normalized spacial score (nSPS) is 17.3. The zero-order chi connectivity index (χ0) is 17.8. The maximum absolute atomic E-state index is 12.6. The minimum Gasteiger partial charge on any atom is -0.495 e. The summed E-state index contributed by atoms with van der Waals surface area (Å²) in [6, 6.07) is 16.2. The molecule has 0 radical (unpaired) electrons. The quantitative estimate of drug-likeness (QED) is 0.926. The van der Waals surface area contributed by atoms with Gasteiger partial charge in [-0.25, -0.2) is 4.79 Å². The molecule has 1 heterocycles. The number of rotatable bonds is 3. The van der Waals surface area contributed by atoms with Crippen LogP contribution in [0.3, 0.4) is 0 Å². The van der Waals surface area contributed by atoms with E-state index in [0.29, 0.717) is 24.5 Å². The number of hydrogen-bond acceptors (Lipinski definition) is 3. The molecular weight excluding hydrogens is 314 g/mol. The van der Waals surface area contributed by atoms with E-state index in [9.17, 15) is 4.79 Å². The molecule has 0 spiro atoms. The highest BCUT2D eigenvalue weighted by Gasteiger charge is 2.27. The first-order valence-corrected chi connectivity index (χ1v) is 8.60. The molecule has 1 aliphatic rings. The van der Waals surface area contributed by atoms with Crippen LogP contribution in [0.2, 0.25) is 0 Å². The topological polar surface area (TPSA) is 44.8 Å². The van der Waals surface area contributed by atoms with Crippen molar-refractivity contribution in [3.63, 3.8) is 0 Å². The molecule has 1 atom stereocenters. The Morgan fingerprint density at radius 1 is 1.12 bits per heavy atom. The number of benzene rings is 2. The molecule has 1 saturated heterocycles. The number of amides is 2. The van der Waals surface area contributed by atoms with E-state index in [0.717, 1.165) is 6.54 Å². The molecule has 5 nitrogen and oxygen atoms in total. The van der Waals surface area contributed by atoms with Crippen LogP contribution < -0.4 is 15.0 Å². The number of urea groups is 1. The Labute approximate surface area is 149 Å². The molecule has 0 aromatic heterocycles. The molecule has 2 amide bonds. The average molecular weight is 339 g/mol. The van der Waals surface area contributed by atoms with Gasteiger partial charge in [0.15, 0.2) is 0 Å². The van der Waals surface area contributed by atoms with Crippen LogP contribution >= 0.6 is 0 Å². The molecule has 3 rings (SSSR count). The summed E-state index contributed by atoms with van der Waals surface area (Å²) in [5.41, 5.74) is 3.16. The molecule has 0 saturated carbocycles. The van der Waals surface area contributed by atoms with Crippen LogP contribution in [0.1, 0.15) is 12.5 Å². The van der Waals surface area contributed by atoms with Crippen molar-refractivity contribution in [1.29, 1.82) is 0 Å². The number of carbonyl (C=O) groups excluding carboxylic acids is 1. The third-order valence-corrected chi connectivity index (χ3v) is 4.63. The molecule has 5 heteroatoms. The molecule has 1 fully saturated rings. The van der Waals surface area contributed by atoms with E-state index in [-0.39, 0.29) is 12.1 Å². The fraction of sp³-hybridized carbons (Fsp3) is 0.350. The average Bonchev–Trinajstić information content (AvgIpc) is 2.63. The van der Waals surface area contributed by atoms with E-state index in [1.165, 1.54) is 11.3 Å². The van der Waals surface area contributed by atoms with Crippen molar-refractivity contribution in [2.75, 3.05) is 37.0 Å². The summed E-state index contributed by atoms with van der Waals surface area (Å²) >= 11 is 0. The van der Waals surface area contributed by atoms with E-state index >= 15 is 0 Å². The Kier molecular flexibility index (Phi) is 5.12. The second-order valence-corrected chi connectivity index (χ2v) is 6.45. The van der Waals surface area contributed by atoms with E-state index in [1.807, 2.05) is 29.2 Å². The summed E-state index contributed by atoms with van der Waals surface area (Å²) in [5, 5.41) is 2.96. The number of methoxy groups -OCH3 is 1. The van der Waals surface area contributed by atoms with Gasteiger partial charge in [-0.2, -0.15) is 0 Å². The van der Waals surface area contributed by atoms with Crippen molar-refractivity contribution < 1.29 is 9.53 Å². The van der Waals surface area contributed by atoms with Gasteiger partial charge in [-0.1, -0.05) is 29.8 Å². The molecule has 1 N–H and O–H groups in total. The lowest BCUT2D eigenvalue weighted by molar-refractivity contribution is 0.200. The summed E-state index contributed by atoms with van der Waals surface area (Å²) in [7, 11) is 1.60. The Balaban J connectivity index is 1.64. The number of hydrogen-bond donors (Lipinski definition) is 1. The zero-order valence-electron chi connectivity index (χ0n) is 15.0. The number of aryl methyl sites for hydroxylation is 1.